The van der Waals surface area contributed by atoms with Crippen molar-refractivity contribution in [3.05, 3.63) is 64.1 Å². The van der Waals surface area contributed by atoms with Gasteiger partial charge in [0.2, 0.25) is 0 Å². The Morgan fingerprint density at radius 3 is 2.75 bits per heavy atom. The second-order valence-electron chi connectivity index (χ2n) is 8.27. The largest absolute Gasteiger partial charge is 0.393 e. The summed E-state index contributed by atoms with van der Waals surface area (Å²) in [7, 11) is 1.53. The molecule has 0 saturated heterocycles. The molecule has 28 heavy (non-hydrogen) atoms. The lowest BCUT2D eigenvalue weighted by Gasteiger charge is -2.37. The minimum absolute atomic E-state index is 0.0725. The molecule has 1 aliphatic carbocycles. The quantitative estimate of drug-likeness (QED) is 0.850. The Kier molecular flexibility index (Phi) is 6.29. The maximum atomic E-state index is 12.5. The van der Waals surface area contributed by atoms with Crippen LogP contribution < -0.4 is 10.9 Å². The highest BCUT2D eigenvalue weighted by Gasteiger charge is 2.32. The zero-order valence-corrected chi connectivity index (χ0v) is 16.6. The van der Waals surface area contributed by atoms with E-state index < -0.39 is 0 Å². The molecule has 1 aliphatic rings. The molecule has 6 nitrogen and oxygen atoms in total. The maximum Gasteiger partial charge on any atom is 0.271 e. The molecule has 0 unspecified atom stereocenters. The van der Waals surface area contributed by atoms with Crippen LogP contribution in [-0.4, -0.2) is 33.4 Å². The molecule has 2 N–H and O–H groups in total. The molecule has 0 bridgehead atoms. The summed E-state index contributed by atoms with van der Waals surface area (Å²) in [6, 6.07) is 13.1. The first-order valence-electron chi connectivity index (χ1n) is 9.92. The molecule has 1 saturated carbocycles. The van der Waals surface area contributed by atoms with E-state index in [1.807, 2.05) is 18.2 Å². The molecule has 1 aromatic carbocycles. The molecule has 2 aromatic rings. The monoisotopic (exact) mass is 383 g/mol. The molecule has 1 heterocycles. The number of carbonyl (C=O) groups is 1. The van der Waals surface area contributed by atoms with Crippen LogP contribution in [0.4, 0.5) is 0 Å². The van der Waals surface area contributed by atoms with Crippen LogP contribution in [0, 0.1) is 5.41 Å². The standard InChI is InChI=1S/C22H29N3O3/c1-22(15-23-21(28)19-10-11-20(27)25(2)24-19)12-6-9-18(26)13-17(14-22)16-7-4-3-5-8-16/h3-5,7-8,10-11,17-18,26H,6,9,12-15H2,1-2H3,(H,23,28)/t17-,18+,22+/m0/s1. The summed E-state index contributed by atoms with van der Waals surface area (Å²) < 4.78 is 1.17. The molecule has 6 heteroatoms. The van der Waals surface area contributed by atoms with E-state index in [2.05, 4.69) is 29.5 Å². The highest BCUT2D eigenvalue weighted by molar-refractivity contribution is 5.92. The second-order valence-corrected chi connectivity index (χ2v) is 8.27. The van der Waals surface area contributed by atoms with E-state index in [0.29, 0.717) is 6.54 Å². The van der Waals surface area contributed by atoms with Gasteiger partial charge in [-0.1, -0.05) is 43.7 Å². The van der Waals surface area contributed by atoms with Crippen molar-refractivity contribution in [1.82, 2.24) is 15.1 Å². The Balaban J connectivity index is 1.72. The lowest BCUT2D eigenvalue weighted by Crippen LogP contribution is -2.39. The average molecular weight is 383 g/mol. The summed E-state index contributed by atoms with van der Waals surface area (Å²) in [6.07, 6.45) is 4.03. The summed E-state index contributed by atoms with van der Waals surface area (Å²) in [4.78, 5) is 24.0. The third-order valence-corrected chi connectivity index (χ3v) is 5.75. The summed E-state index contributed by atoms with van der Waals surface area (Å²) >= 11 is 0. The smallest absolute Gasteiger partial charge is 0.271 e. The molecule has 1 fully saturated rings. The summed E-state index contributed by atoms with van der Waals surface area (Å²) in [5.74, 6) is -0.00995. The van der Waals surface area contributed by atoms with E-state index in [0.717, 1.165) is 32.1 Å². The summed E-state index contributed by atoms with van der Waals surface area (Å²) in [5.41, 5.74) is 1.16. The predicted octanol–water partition coefficient (Wildman–Crippen LogP) is 2.63. The molecule has 0 radical (unpaired) electrons. The molecule has 0 spiro atoms. The minimum Gasteiger partial charge on any atom is -0.393 e. The first-order chi connectivity index (χ1) is 13.4. The lowest BCUT2D eigenvalue weighted by atomic mass is 9.71. The molecule has 150 valence electrons. The number of aliphatic hydroxyl groups is 1. The van der Waals surface area contributed by atoms with Gasteiger partial charge in [0.1, 0.15) is 5.69 Å². The molecule has 1 aromatic heterocycles. The van der Waals surface area contributed by atoms with Crippen molar-refractivity contribution in [1.29, 1.82) is 0 Å². The van der Waals surface area contributed by atoms with Gasteiger partial charge in [0, 0.05) is 19.7 Å². The number of nitrogens with zero attached hydrogens (tertiary/aromatic N) is 2. The van der Waals surface area contributed by atoms with E-state index >= 15 is 0 Å². The van der Waals surface area contributed by atoms with Crippen LogP contribution in [0.25, 0.3) is 0 Å². The molecule has 0 aliphatic heterocycles. The van der Waals surface area contributed by atoms with E-state index in [1.165, 1.54) is 29.4 Å². The van der Waals surface area contributed by atoms with E-state index in [4.69, 9.17) is 0 Å². The molecule has 1 amide bonds. The van der Waals surface area contributed by atoms with Gasteiger partial charge in [-0.05, 0) is 48.6 Å². The average Bonchev–Trinajstić information content (AvgIpc) is 2.67. The van der Waals surface area contributed by atoms with Gasteiger partial charge in [-0.3, -0.25) is 9.59 Å². The Morgan fingerprint density at radius 2 is 2.04 bits per heavy atom. The number of aliphatic hydroxyl groups excluding tert-OH is 1. The number of hydrogen-bond acceptors (Lipinski definition) is 4. The molecule has 3 rings (SSSR count). The molecular weight excluding hydrogens is 354 g/mol. The van der Waals surface area contributed by atoms with Gasteiger partial charge in [0.05, 0.1) is 6.10 Å². The lowest BCUT2D eigenvalue weighted by molar-refractivity contribution is 0.0861. The van der Waals surface area contributed by atoms with Crippen LogP contribution in [0.1, 0.15) is 61.0 Å². The van der Waals surface area contributed by atoms with Crippen molar-refractivity contribution < 1.29 is 9.90 Å². The number of aryl methyl sites for hydroxylation is 1. The van der Waals surface area contributed by atoms with Crippen molar-refractivity contribution in [2.45, 2.75) is 51.0 Å². The Bertz CT molecular complexity index is 865. The SMILES string of the molecule is Cn1nc(C(=O)NC[C@]2(C)CCC[C@@H](O)C[C@H](c3ccccc3)C2)ccc1=O. The van der Waals surface area contributed by atoms with Gasteiger partial charge in [-0.15, -0.1) is 0 Å². The third kappa shape index (κ3) is 5.07. The maximum absolute atomic E-state index is 12.5. The van der Waals surface area contributed by atoms with Gasteiger partial charge in [0.15, 0.2) is 0 Å². The number of hydrogen-bond donors (Lipinski definition) is 2. The fraction of sp³-hybridized carbons (Fsp3) is 0.500. The summed E-state index contributed by atoms with van der Waals surface area (Å²) in [6.45, 7) is 2.74. The first-order valence-corrected chi connectivity index (χ1v) is 9.92. The van der Waals surface area contributed by atoms with Gasteiger partial charge in [-0.25, -0.2) is 4.68 Å². The van der Waals surface area contributed by atoms with Crippen molar-refractivity contribution in [3.63, 3.8) is 0 Å². The van der Waals surface area contributed by atoms with Crippen LogP contribution in [0.15, 0.2) is 47.3 Å². The van der Waals surface area contributed by atoms with E-state index in [-0.39, 0.29) is 34.6 Å². The zero-order chi connectivity index (χ0) is 20.1. The third-order valence-electron chi connectivity index (χ3n) is 5.75. The Hall–Kier alpha value is -2.47. The van der Waals surface area contributed by atoms with Gasteiger partial charge in [-0.2, -0.15) is 5.10 Å². The van der Waals surface area contributed by atoms with Crippen molar-refractivity contribution in [3.8, 4) is 0 Å². The highest BCUT2D eigenvalue weighted by atomic mass is 16.3. The van der Waals surface area contributed by atoms with Crippen molar-refractivity contribution >= 4 is 5.91 Å². The van der Waals surface area contributed by atoms with Crippen LogP contribution >= 0.6 is 0 Å². The van der Waals surface area contributed by atoms with Gasteiger partial charge in [0.25, 0.3) is 11.5 Å². The predicted molar refractivity (Wildman–Crippen MR) is 108 cm³/mol. The molecule has 3 atom stereocenters. The van der Waals surface area contributed by atoms with E-state index in [1.54, 1.807) is 0 Å². The number of benzene rings is 1. The van der Waals surface area contributed by atoms with Crippen LogP contribution in [-0.2, 0) is 7.05 Å². The van der Waals surface area contributed by atoms with Crippen molar-refractivity contribution in [2.24, 2.45) is 12.5 Å². The number of carbonyl (C=O) groups excluding carboxylic acids is 1. The van der Waals surface area contributed by atoms with Gasteiger partial charge < -0.3 is 10.4 Å². The number of aromatic nitrogens is 2. The second kappa shape index (κ2) is 8.69. The van der Waals surface area contributed by atoms with Gasteiger partial charge >= 0.3 is 0 Å². The number of nitrogens with one attached hydrogen (secondary N) is 1. The fourth-order valence-electron chi connectivity index (χ4n) is 4.14. The zero-order valence-electron chi connectivity index (χ0n) is 16.6. The number of rotatable bonds is 4. The number of amides is 1. The molecular formula is C22H29N3O3. The highest BCUT2D eigenvalue weighted by Crippen LogP contribution is 2.40. The topological polar surface area (TPSA) is 84.2 Å². The fourth-order valence-corrected chi connectivity index (χ4v) is 4.14. The Morgan fingerprint density at radius 1 is 1.29 bits per heavy atom. The minimum atomic E-state index is -0.279. The van der Waals surface area contributed by atoms with Crippen LogP contribution in [0.3, 0.4) is 0 Å². The Labute approximate surface area is 165 Å². The van der Waals surface area contributed by atoms with Crippen molar-refractivity contribution in [2.75, 3.05) is 6.54 Å². The van der Waals surface area contributed by atoms with Crippen LogP contribution in [0.5, 0.6) is 0 Å². The summed E-state index contributed by atoms with van der Waals surface area (Å²) in [5, 5.41) is 17.4. The first kappa shape index (κ1) is 20.3. The normalized spacial score (nSPS) is 25.5. The van der Waals surface area contributed by atoms with E-state index in [9.17, 15) is 14.7 Å². The van der Waals surface area contributed by atoms with Crippen LogP contribution in [0.2, 0.25) is 0 Å².